The highest BCUT2D eigenvalue weighted by molar-refractivity contribution is 5.91. The molecule has 4 aromatic carbocycles. The zero-order valence-corrected chi connectivity index (χ0v) is 26.9. The number of carbonyl (C=O) groups excluding carboxylic acids is 3. The van der Waals surface area contributed by atoms with Gasteiger partial charge in [0.05, 0.1) is 20.2 Å². The zero-order valence-electron chi connectivity index (χ0n) is 26.9. The number of urea groups is 1. The van der Waals surface area contributed by atoms with E-state index < -0.39 is 12.2 Å². The minimum atomic E-state index is -0.867. The fraction of sp³-hybridized carbons (Fsp3) is 0.237. The van der Waals surface area contributed by atoms with Crippen LogP contribution in [0.2, 0.25) is 0 Å². The largest absolute Gasteiger partial charge is 0.508 e. The van der Waals surface area contributed by atoms with E-state index in [4.69, 9.17) is 4.74 Å². The predicted molar refractivity (Wildman–Crippen MR) is 182 cm³/mol. The van der Waals surface area contributed by atoms with Crippen molar-refractivity contribution in [3.05, 3.63) is 132 Å². The van der Waals surface area contributed by atoms with Gasteiger partial charge in [0.25, 0.3) is 0 Å². The Labute approximate surface area is 280 Å². The summed E-state index contributed by atoms with van der Waals surface area (Å²) in [5, 5.41) is 16.2. The molecule has 0 unspecified atom stereocenters. The molecule has 6 rings (SSSR count). The number of amides is 4. The standard InChI is InChI=1S/C38H39N5O5/c1-3-20-41-26-36(45)42-33(22-27-16-18-31(44)19-17-27)37(46)40(25-35(42)43(41)38(47)39-23-28-10-5-4-6-11-28)24-29-12-9-13-30(21-29)32-14-7-8-15-34(32)48-2/h3-19,21,33,35,44H,1,20,22-26H2,2H3,(H,39,47)/t33-,35-/m0/s1. The smallest absolute Gasteiger partial charge is 0.334 e. The first kappa shape index (κ1) is 32.3. The minimum absolute atomic E-state index is 0.0818. The van der Waals surface area contributed by atoms with E-state index in [1.54, 1.807) is 57.3 Å². The molecular weight excluding hydrogens is 606 g/mol. The third kappa shape index (κ3) is 6.89. The maximum absolute atomic E-state index is 14.4. The van der Waals surface area contributed by atoms with Gasteiger partial charge in [-0.2, -0.15) is 0 Å². The number of nitrogens with one attached hydrogen (secondary N) is 1. The molecule has 2 aliphatic rings. The van der Waals surface area contributed by atoms with Gasteiger partial charge in [0, 0.05) is 31.6 Å². The van der Waals surface area contributed by atoms with Gasteiger partial charge in [0.15, 0.2) is 0 Å². The molecule has 2 saturated heterocycles. The molecule has 48 heavy (non-hydrogen) atoms. The summed E-state index contributed by atoms with van der Waals surface area (Å²) in [6.07, 6.45) is 1.11. The van der Waals surface area contributed by atoms with Crippen molar-refractivity contribution in [2.75, 3.05) is 26.7 Å². The summed E-state index contributed by atoms with van der Waals surface area (Å²) in [7, 11) is 1.64. The van der Waals surface area contributed by atoms with Crippen molar-refractivity contribution >= 4 is 17.8 Å². The molecule has 4 amide bonds. The number of phenolic OH excluding ortho intramolecular Hbond substituents is 1. The van der Waals surface area contributed by atoms with Crippen molar-refractivity contribution < 1.29 is 24.2 Å². The molecule has 10 nitrogen and oxygen atoms in total. The lowest BCUT2D eigenvalue weighted by Crippen LogP contribution is -2.76. The van der Waals surface area contributed by atoms with Crippen LogP contribution in [0.25, 0.3) is 11.1 Å². The van der Waals surface area contributed by atoms with Crippen LogP contribution in [0, 0.1) is 0 Å². The third-order valence-corrected chi connectivity index (χ3v) is 8.75. The van der Waals surface area contributed by atoms with Crippen molar-refractivity contribution in [1.82, 2.24) is 25.1 Å². The third-order valence-electron chi connectivity index (χ3n) is 8.75. The molecule has 0 bridgehead atoms. The molecule has 2 atom stereocenters. The van der Waals surface area contributed by atoms with E-state index in [0.29, 0.717) is 6.54 Å². The minimum Gasteiger partial charge on any atom is -0.508 e. The molecular formula is C38H39N5O5. The van der Waals surface area contributed by atoms with Gasteiger partial charge in [-0.25, -0.2) is 14.8 Å². The number of para-hydroxylation sites is 1. The molecule has 2 N–H and O–H groups in total. The van der Waals surface area contributed by atoms with Gasteiger partial charge in [0.2, 0.25) is 11.8 Å². The molecule has 2 aliphatic heterocycles. The molecule has 0 aliphatic carbocycles. The molecule has 2 heterocycles. The van der Waals surface area contributed by atoms with Gasteiger partial charge in [0.1, 0.15) is 23.7 Å². The highest BCUT2D eigenvalue weighted by Gasteiger charge is 2.51. The number of benzene rings is 4. The Kier molecular flexibility index (Phi) is 9.73. The van der Waals surface area contributed by atoms with Gasteiger partial charge in [-0.1, -0.05) is 84.9 Å². The van der Waals surface area contributed by atoms with Crippen molar-refractivity contribution in [1.29, 1.82) is 0 Å². The second-order valence-corrected chi connectivity index (χ2v) is 11.9. The molecule has 0 saturated carbocycles. The highest BCUT2D eigenvalue weighted by Crippen LogP contribution is 2.32. The normalized spacial score (nSPS) is 18.0. The Balaban J connectivity index is 1.35. The van der Waals surface area contributed by atoms with Crippen molar-refractivity contribution in [3.63, 3.8) is 0 Å². The average Bonchev–Trinajstić information content (AvgIpc) is 3.10. The van der Waals surface area contributed by atoms with Crippen LogP contribution in [0.3, 0.4) is 0 Å². The second kappa shape index (κ2) is 14.4. The first-order valence-electron chi connectivity index (χ1n) is 15.9. The second-order valence-electron chi connectivity index (χ2n) is 11.9. The molecule has 10 heteroatoms. The summed E-state index contributed by atoms with van der Waals surface area (Å²) < 4.78 is 5.59. The highest BCUT2D eigenvalue weighted by atomic mass is 16.5. The monoisotopic (exact) mass is 645 g/mol. The Bertz CT molecular complexity index is 1780. The molecule has 0 spiro atoms. The Morgan fingerprint density at radius 1 is 0.938 bits per heavy atom. The van der Waals surface area contributed by atoms with E-state index >= 15 is 0 Å². The fourth-order valence-corrected chi connectivity index (χ4v) is 6.49. The Morgan fingerprint density at radius 3 is 2.42 bits per heavy atom. The van der Waals surface area contributed by atoms with E-state index in [2.05, 4.69) is 11.9 Å². The van der Waals surface area contributed by atoms with E-state index in [1.807, 2.05) is 78.9 Å². The summed E-state index contributed by atoms with van der Waals surface area (Å²) in [6.45, 7) is 4.73. The molecule has 2 fully saturated rings. The van der Waals surface area contributed by atoms with Crippen LogP contribution >= 0.6 is 0 Å². The molecule has 246 valence electrons. The average molecular weight is 646 g/mol. The number of aromatic hydroxyl groups is 1. The van der Waals surface area contributed by atoms with Crippen LogP contribution < -0.4 is 10.1 Å². The van der Waals surface area contributed by atoms with Crippen molar-refractivity contribution in [2.45, 2.75) is 31.7 Å². The van der Waals surface area contributed by atoms with E-state index in [0.717, 1.165) is 33.6 Å². The summed E-state index contributed by atoms with van der Waals surface area (Å²) in [6, 6.07) is 30.7. The van der Waals surface area contributed by atoms with E-state index in [-0.39, 0.29) is 56.2 Å². The lowest BCUT2D eigenvalue weighted by molar-refractivity contribution is -0.189. The summed E-state index contributed by atoms with van der Waals surface area (Å²) >= 11 is 0. The van der Waals surface area contributed by atoms with Gasteiger partial charge < -0.3 is 25.0 Å². The summed E-state index contributed by atoms with van der Waals surface area (Å²) in [5.74, 6) is 0.396. The number of hydrazine groups is 1. The number of phenols is 1. The maximum atomic E-state index is 14.4. The number of ether oxygens (including phenoxy) is 1. The number of methoxy groups -OCH3 is 1. The Morgan fingerprint density at radius 2 is 1.67 bits per heavy atom. The van der Waals surface area contributed by atoms with Crippen LogP contribution in [-0.2, 0) is 29.1 Å². The first-order valence-corrected chi connectivity index (χ1v) is 15.9. The molecule has 0 aromatic heterocycles. The van der Waals surface area contributed by atoms with Crippen LogP contribution in [0.15, 0.2) is 116 Å². The number of hydrogen-bond acceptors (Lipinski definition) is 6. The fourth-order valence-electron chi connectivity index (χ4n) is 6.49. The lowest BCUT2D eigenvalue weighted by atomic mass is 9.97. The lowest BCUT2D eigenvalue weighted by Gasteiger charge is -2.55. The van der Waals surface area contributed by atoms with Crippen LogP contribution in [0.1, 0.15) is 16.7 Å². The Hall–Kier alpha value is -5.61. The van der Waals surface area contributed by atoms with E-state index in [1.165, 1.54) is 0 Å². The van der Waals surface area contributed by atoms with Crippen LogP contribution in [0.4, 0.5) is 4.79 Å². The van der Waals surface area contributed by atoms with Crippen molar-refractivity contribution in [2.24, 2.45) is 0 Å². The number of nitrogens with zero attached hydrogens (tertiary/aromatic N) is 4. The maximum Gasteiger partial charge on any atom is 0.334 e. The first-order chi connectivity index (χ1) is 23.4. The molecule has 0 radical (unpaired) electrons. The summed E-state index contributed by atoms with van der Waals surface area (Å²) in [5.41, 5.74) is 4.50. The van der Waals surface area contributed by atoms with Crippen LogP contribution in [-0.4, -0.2) is 81.7 Å². The van der Waals surface area contributed by atoms with Gasteiger partial charge >= 0.3 is 6.03 Å². The van der Waals surface area contributed by atoms with E-state index in [9.17, 15) is 19.5 Å². The zero-order chi connectivity index (χ0) is 33.6. The SMILES string of the molecule is C=CCN1CC(=O)N2[C@@H](Cc3ccc(O)cc3)C(=O)N(Cc3cccc(-c4ccccc4OC)c3)C[C@@H]2N1C(=O)NCc1ccccc1. The van der Waals surface area contributed by atoms with Gasteiger partial charge in [-0.3, -0.25) is 9.59 Å². The van der Waals surface area contributed by atoms with Crippen molar-refractivity contribution in [3.8, 4) is 22.6 Å². The molecule has 4 aromatic rings. The summed E-state index contributed by atoms with van der Waals surface area (Å²) in [4.78, 5) is 45.5. The predicted octanol–water partition coefficient (Wildman–Crippen LogP) is 4.80. The van der Waals surface area contributed by atoms with Crippen LogP contribution in [0.5, 0.6) is 11.5 Å². The number of fused-ring (bicyclic) bond motifs is 1. The number of carbonyl (C=O) groups is 3. The quantitative estimate of drug-likeness (QED) is 0.240. The topological polar surface area (TPSA) is 106 Å². The van der Waals surface area contributed by atoms with Gasteiger partial charge in [-0.05, 0) is 46.5 Å². The number of hydrogen-bond donors (Lipinski definition) is 2. The van der Waals surface area contributed by atoms with Gasteiger partial charge in [-0.15, -0.1) is 6.58 Å². The number of rotatable bonds is 10. The number of piperazine rings is 1.